The molecule has 0 spiro atoms. The van der Waals surface area contributed by atoms with Gasteiger partial charge in [0, 0.05) is 17.9 Å². The highest BCUT2D eigenvalue weighted by molar-refractivity contribution is 14.1. The summed E-state index contributed by atoms with van der Waals surface area (Å²) in [4.78, 5) is 20.4. The second-order valence-corrected chi connectivity index (χ2v) is 31.2. The van der Waals surface area contributed by atoms with Crippen molar-refractivity contribution < 1.29 is 28.1 Å². The fourth-order valence-electron chi connectivity index (χ4n) is 15.0. The molecule has 0 fully saturated rings. The van der Waals surface area contributed by atoms with Crippen molar-refractivity contribution >= 4 is 104 Å². The lowest BCUT2D eigenvalue weighted by Gasteiger charge is -2.17. The molecule has 6 aromatic carbocycles. The predicted octanol–water partition coefficient (Wildman–Crippen LogP) is 23.0. The van der Waals surface area contributed by atoms with E-state index in [1.807, 2.05) is 142 Å². The number of aromatic nitrogens is 6. The summed E-state index contributed by atoms with van der Waals surface area (Å²) in [5, 5.41) is 26.3. The first kappa shape index (κ1) is 77.5. The molecule has 0 N–H and O–H groups in total. The molecule has 10 aromatic rings. The molecule has 0 aliphatic carbocycles. The van der Waals surface area contributed by atoms with Gasteiger partial charge in [-0.3, -0.25) is 9.97 Å². The number of para-hydroxylation sites is 4. The van der Waals surface area contributed by atoms with E-state index in [9.17, 15) is 10.5 Å². The first-order valence-corrected chi connectivity index (χ1v) is 42.0. The highest BCUT2D eigenvalue weighted by Gasteiger charge is 2.45. The van der Waals surface area contributed by atoms with Gasteiger partial charge in [-0.05, 0) is 178 Å². The molecule has 4 aromatic heterocycles. The van der Waals surface area contributed by atoms with Crippen LogP contribution < -0.4 is 38.8 Å². The maximum absolute atomic E-state index is 12.2. The summed E-state index contributed by atoms with van der Waals surface area (Å²) in [6.45, 7) is 5.73. The van der Waals surface area contributed by atoms with Crippen molar-refractivity contribution in [2.45, 2.75) is 232 Å². The average molecular weight is 1640 g/mol. The van der Waals surface area contributed by atoms with Gasteiger partial charge in [-0.2, -0.15) is 10.5 Å². The molecule has 18 heteroatoms. The van der Waals surface area contributed by atoms with E-state index in [0.717, 1.165) is 32.8 Å². The number of nitriles is 2. The SMILES string of the molecule is CCCCCCCCCCCCCCCCCCCOc1ccc(-c2c3/c(=C(\C#N)c4cnc5ccc(I)cc5n4)n(B4Oc5ccccc5O4)c(-c4ccc(OCCCCCCCCCCCCCCCCCCC)cc4)c3/c(=C(\C#N)c3cnc4ccc(I)cc4n3)n2B2Oc3ccccc3O2)cc1. The zero-order chi connectivity index (χ0) is 73.1. The fourth-order valence-corrected chi connectivity index (χ4v) is 15.9. The normalized spacial score (nSPS) is 12.9. The van der Waals surface area contributed by atoms with Gasteiger partial charge in [0.1, 0.15) is 69.2 Å². The van der Waals surface area contributed by atoms with E-state index < -0.39 is 14.5 Å². The zero-order valence-electron chi connectivity index (χ0n) is 62.3. The lowest BCUT2D eigenvalue weighted by molar-refractivity contribution is 0.304. The molecule has 2 aliphatic heterocycles. The maximum Gasteiger partial charge on any atom is 0.743 e. The van der Waals surface area contributed by atoms with Crippen molar-refractivity contribution in [1.29, 1.82) is 10.5 Å². The van der Waals surface area contributed by atoms with Crippen molar-refractivity contribution in [3.05, 3.63) is 175 Å². The van der Waals surface area contributed by atoms with Crippen LogP contribution in [0.4, 0.5) is 0 Å². The third-order valence-electron chi connectivity index (χ3n) is 20.7. The minimum Gasteiger partial charge on any atom is -0.503 e. The number of nitrogens with zero attached hydrogens (tertiary/aromatic N) is 8. The second-order valence-electron chi connectivity index (χ2n) is 28.7. The van der Waals surface area contributed by atoms with Crippen molar-refractivity contribution in [1.82, 2.24) is 28.9 Å². The molecule has 0 atom stereocenters. The molecule has 14 nitrogen and oxygen atoms in total. The van der Waals surface area contributed by atoms with Gasteiger partial charge < -0.3 is 37.0 Å². The van der Waals surface area contributed by atoms with Gasteiger partial charge in [0.25, 0.3) is 0 Å². The number of benzene rings is 6. The summed E-state index contributed by atoms with van der Waals surface area (Å²) >= 11 is 4.56. The number of unbranched alkanes of at least 4 members (excludes halogenated alkanes) is 32. The van der Waals surface area contributed by atoms with Crippen LogP contribution in [0.2, 0.25) is 0 Å². The van der Waals surface area contributed by atoms with E-state index in [-0.39, 0.29) is 11.1 Å². The van der Waals surface area contributed by atoms with Crippen molar-refractivity contribution in [3.8, 4) is 69.2 Å². The molecule has 0 saturated heterocycles. The highest BCUT2D eigenvalue weighted by atomic mass is 127. The van der Waals surface area contributed by atoms with E-state index in [4.69, 9.17) is 48.0 Å². The maximum atomic E-state index is 12.2. The Kier molecular flexibility index (Phi) is 29.8. The fraction of sp³-hybridized carbons (Fsp3) is 0.432. The standard InChI is InChI=1S/C88H102B2I2N8O6/c1-3-5-7-9-11-13-15-17-19-21-23-25-27-29-31-33-39-57-101-69-51-45-65(46-52-69)85-83-84(88(99(85)89-103-79-41-35-36-42-80(79)104-89)72(62-94)78-64-96-74-56-50-68(92)60-76(74)98-78)86(66-47-53-70(54-48-66)102-58-40-34-32-30-28-26-24-22-20-18-16-14-12-10-8-6-4-2)100(90-105-81-43-37-38-44-82(81)106-90)87(83)71(61-93)77-63-95-73-55-49-67(91)59-75(73)97-77/h35-38,41-56,59-60,63-64H,3-34,39-40,57-58H2,1-2H3/b87-71-,88-72-. The summed E-state index contributed by atoms with van der Waals surface area (Å²) in [6, 6.07) is 48.3. The Morgan fingerprint density at radius 1 is 0.377 bits per heavy atom. The van der Waals surface area contributed by atoms with Crippen molar-refractivity contribution in [3.63, 3.8) is 0 Å². The number of fused-ring (bicyclic) bond motifs is 5. The van der Waals surface area contributed by atoms with Gasteiger partial charge in [-0.15, -0.1) is 0 Å². The van der Waals surface area contributed by atoms with E-state index in [1.54, 1.807) is 12.4 Å². The van der Waals surface area contributed by atoms with Gasteiger partial charge in [-0.1, -0.05) is 244 Å². The van der Waals surface area contributed by atoms with Crippen LogP contribution in [0.1, 0.15) is 244 Å². The number of rotatable bonds is 44. The number of hydrogen-bond donors (Lipinski definition) is 0. The summed E-state index contributed by atoms with van der Waals surface area (Å²) in [7, 11) is -2.42. The van der Waals surface area contributed by atoms with Crippen LogP contribution in [-0.4, -0.2) is 56.6 Å². The van der Waals surface area contributed by atoms with Gasteiger partial charge >= 0.3 is 14.5 Å². The van der Waals surface area contributed by atoms with Crippen LogP contribution in [0.25, 0.3) is 66.5 Å². The molecule has 12 rings (SSSR count). The molecule has 0 amide bonds. The zero-order valence-corrected chi connectivity index (χ0v) is 66.6. The molecule has 0 unspecified atom stereocenters. The van der Waals surface area contributed by atoms with Crippen LogP contribution in [0.5, 0.6) is 34.5 Å². The summed E-state index contributed by atoms with van der Waals surface area (Å²) in [6.07, 6.45) is 47.7. The van der Waals surface area contributed by atoms with Crippen LogP contribution >= 0.6 is 45.2 Å². The van der Waals surface area contributed by atoms with Crippen molar-refractivity contribution in [2.75, 3.05) is 13.2 Å². The third-order valence-corrected chi connectivity index (χ3v) is 22.0. The third kappa shape index (κ3) is 20.4. The quantitative estimate of drug-likeness (QED) is 0.0202. The highest BCUT2D eigenvalue weighted by Crippen LogP contribution is 2.42. The largest absolute Gasteiger partial charge is 0.743 e. The molecule has 0 bridgehead atoms. The van der Waals surface area contributed by atoms with Gasteiger partial charge in [0.15, 0.2) is 0 Å². The Balaban J connectivity index is 0.910. The van der Waals surface area contributed by atoms with Crippen LogP contribution in [0, 0.1) is 29.8 Å². The smallest absolute Gasteiger partial charge is 0.503 e. The monoisotopic (exact) mass is 1640 g/mol. The molecule has 550 valence electrons. The van der Waals surface area contributed by atoms with Gasteiger partial charge in [0.05, 0.1) is 69.8 Å². The molecule has 0 radical (unpaired) electrons. The lowest BCUT2D eigenvalue weighted by atomic mass is 10.0. The molecular weight excluding hydrogens is 1540 g/mol. The first-order valence-electron chi connectivity index (χ1n) is 39.9. The Bertz CT molecular complexity index is 4380. The number of halogens is 2. The number of ether oxygens (including phenoxy) is 2. The van der Waals surface area contributed by atoms with E-state index >= 15 is 0 Å². The van der Waals surface area contributed by atoms with Gasteiger partial charge in [0.2, 0.25) is 0 Å². The predicted molar refractivity (Wildman–Crippen MR) is 448 cm³/mol. The molecular formula is C88H102B2I2N8O6. The Labute approximate surface area is 655 Å². The Morgan fingerprint density at radius 2 is 0.670 bits per heavy atom. The topological polar surface area (TPSA) is 164 Å². The van der Waals surface area contributed by atoms with Crippen LogP contribution in [0.15, 0.2) is 146 Å². The molecule has 6 heterocycles. The lowest BCUT2D eigenvalue weighted by Crippen LogP contribution is -2.44. The average Bonchev–Trinajstić information content (AvgIpc) is 1.52. The van der Waals surface area contributed by atoms with E-state index in [1.165, 1.54) is 193 Å². The molecule has 106 heavy (non-hydrogen) atoms. The molecule has 2 aliphatic rings. The second kappa shape index (κ2) is 40.8. The minimum atomic E-state index is -1.21. The van der Waals surface area contributed by atoms with Crippen LogP contribution in [0.3, 0.4) is 0 Å². The Morgan fingerprint density at radius 3 is 0.962 bits per heavy atom. The van der Waals surface area contributed by atoms with E-state index in [2.05, 4.69) is 71.2 Å². The minimum absolute atomic E-state index is 0.163. The van der Waals surface area contributed by atoms with Crippen molar-refractivity contribution in [2.24, 2.45) is 0 Å². The molecule has 0 saturated carbocycles. The summed E-state index contributed by atoms with van der Waals surface area (Å²) in [5.74, 6) is 3.48. The van der Waals surface area contributed by atoms with Gasteiger partial charge in [-0.25, -0.2) is 9.97 Å². The Hall–Kier alpha value is -8.07. The van der Waals surface area contributed by atoms with E-state index in [0.29, 0.717) is 125 Å². The summed E-state index contributed by atoms with van der Waals surface area (Å²) in [5.41, 5.74) is 6.00. The summed E-state index contributed by atoms with van der Waals surface area (Å²) < 4.78 is 46.9. The van der Waals surface area contributed by atoms with Crippen LogP contribution in [-0.2, 0) is 0 Å². The first-order chi connectivity index (χ1) is 52.3. The number of hydrogen-bond acceptors (Lipinski definition) is 12.